The minimum atomic E-state index is -3.97. The maximum Gasteiger partial charge on any atom is 0.330 e. The van der Waals surface area contributed by atoms with Crippen molar-refractivity contribution in [3.63, 3.8) is 0 Å². The Morgan fingerprint density at radius 2 is 1.90 bits per heavy atom. The van der Waals surface area contributed by atoms with Crippen molar-refractivity contribution < 1.29 is 27.0 Å². The number of phenolic OH excluding ortho intramolecular Hbond substituents is 1. The maximum absolute atomic E-state index is 12.2. The second-order valence-corrected chi connectivity index (χ2v) is 10.9. The fraction of sp³-hybridized carbons (Fsp3) is 0.556. The molecule has 0 atom stereocenters. The molecule has 0 spiro atoms. The first-order chi connectivity index (χ1) is 13.7. The number of hydrogen-bond donors (Lipinski definition) is 4. The molecule has 3 rings (SSSR count). The van der Waals surface area contributed by atoms with Crippen LogP contribution in [0.15, 0.2) is 30.3 Å². The zero-order chi connectivity index (χ0) is 21.1. The summed E-state index contributed by atoms with van der Waals surface area (Å²) in [5, 5.41) is 19.5. The van der Waals surface area contributed by atoms with Crippen LogP contribution < -0.4 is 13.7 Å². The van der Waals surface area contributed by atoms with E-state index in [1.54, 1.807) is 6.07 Å². The second kappa shape index (κ2) is 8.80. The molecule has 1 aromatic carbocycles. The summed E-state index contributed by atoms with van der Waals surface area (Å²) in [7, 11) is -7.26. The molecule has 29 heavy (non-hydrogen) atoms. The molecule has 1 fully saturated rings. The maximum atomic E-state index is 12.2. The molecule has 1 heterocycles. The van der Waals surface area contributed by atoms with E-state index in [-0.39, 0.29) is 23.1 Å². The monoisotopic (exact) mass is 445 g/mol. The highest BCUT2D eigenvalue weighted by molar-refractivity contribution is 7.91. The number of aliphatic hydroxyl groups is 1. The van der Waals surface area contributed by atoms with Crippen molar-refractivity contribution in [2.24, 2.45) is 5.92 Å². The molecule has 1 aromatic rings. The van der Waals surface area contributed by atoms with Gasteiger partial charge in [-0.25, -0.2) is 22.2 Å². The van der Waals surface area contributed by atoms with Crippen LogP contribution in [0, 0.1) is 5.92 Å². The van der Waals surface area contributed by atoms with Gasteiger partial charge >= 0.3 is 10.2 Å². The summed E-state index contributed by atoms with van der Waals surface area (Å²) in [6.07, 6.45) is 7.37. The normalized spacial score (nSPS) is 19.7. The number of nitrogens with one attached hydrogen (secondary N) is 2. The molecule has 11 heteroatoms. The van der Waals surface area contributed by atoms with Crippen molar-refractivity contribution in [2.75, 3.05) is 16.6 Å². The highest BCUT2D eigenvalue weighted by atomic mass is 32.2. The van der Waals surface area contributed by atoms with E-state index in [4.69, 9.17) is 0 Å². The minimum absolute atomic E-state index is 0.0125. The van der Waals surface area contributed by atoms with Crippen LogP contribution in [0.5, 0.6) is 5.75 Å². The Labute approximate surface area is 171 Å². The van der Waals surface area contributed by atoms with E-state index in [1.165, 1.54) is 18.6 Å². The number of phenols is 1. The fourth-order valence-corrected chi connectivity index (χ4v) is 6.34. The van der Waals surface area contributed by atoms with E-state index in [9.17, 15) is 27.0 Å². The highest BCUT2D eigenvalue weighted by Gasteiger charge is 2.30. The van der Waals surface area contributed by atoms with E-state index in [1.807, 2.05) is 4.72 Å². The van der Waals surface area contributed by atoms with Gasteiger partial charge in [0.2, 0.25) is 15.9 Å². The lowest BCUT2D eigenvalue weighted by atomic mass is 9.91. The number of aryl methyl sites for hydroxylation is 1. The topological polar surface area (TPSA) is 136 Å². The predicted octanol–water partition coefficient (Wildman–Crippen LogP) is 1.84. The van der Waals surface area contributed by atoms with E-state index in [0.29, 0.717) is 19.4 Å². The van der Waals surface area contributed by atoms with Crippen LogP contribution >= 0.6 is 0 Å². The minimum Gasteiger partial charge on any atom is -0.506 e. The second-order valence-electron chi connectivity index (χ2n) is 7.52. The van der Waals surface area contributed by atoms with E-state index in [0.717, 1.165) is 41.8 Å². The molecule has 0 radical (unpaired) electrons. The first kappa shape index (κ1) is 21.7. The van der Waals surface area contributed by atoms with Gasteiger partial charge in [0.05, 0.1) is 12.0 Å². The van der Waals surface area contributed by atoms with Crippen molar-refractivity contribution in [2.45, 2.75) is 44.9 Å². The van der Waals surface area contributed by atoms with Gasteiger partial charge in [-0.15, -0.1) is 0 Å². The largest absolute Gasteiger partial charge is 0.506 e. The summed E-state index contributed by atoms with van der Waals surface area (Å²) < 4.78 is 53.5. The van der Waals surface area contributed by atoms with Crippen molar-refractivity contribution in [1.82, 2.24) is 9.44 Å². The summed E-state index contributed by atoms with van der Waals surface area (Å²) in [5.41, 5.74) is 0.758. The Bertz CT molecular complexity index is 969. The Kier molecular flexibility index (Phi) is 6.59. The molecule has 0 aromatic heterocycles. The molecule has 2 aliphatic rings. The van der Waals surface area contributed by atoms with E-state index in [2.05, 4.69) is 4.72 Å². The highest BCUT2D eigenvalue weighted by Crippen LogP contribution is 2.32. The van der Waals surface area contributed by atoms with Crippen molar-refractivity contribution in [3.8, 4) is 5.75 Å². The molecule has 0 bridgehead atoms. The van der Waals surface area contributed by atoms with Crippen LogP contribution in [0.1, 0.15) is 44.1 Å². The average molecular weight is 446 g/mol. The van der Waals surface area contributed by atoms with Gasteiger partial charge < -0.3 is 10.2 Å². The van der Waals surface area contributed by atoms with Gasteiger partial charge in [-0.3, -0.25) is 0 Å². The Morgan fingerprint density at radius 1 is 1.17 bits per heavy atom. The van der Waals surface area contributed by atoms with Crippen molar-refractivity contribution >= 4 is 25.9 Å². The molecule has 0 amide bonds. The third-order valence-electron chi connectivity index (χ3n) is 5.15. The third kappa shape index (κ3) is 5.77. The van der Waals surface area contributed by atoms with Crippen LogP contribution in [0.25, 0.3) is 0 Å². The average Bonchev–Trinajstić information content (AvgIpc) is 2.91. The number of anilines is 1. The smallest absolute Gasteiger partial charge is 0.330 e. The summed E-state index contributed by atoms with van der Waals surface area (Å²) in [6.45, 7) is 0.304. The number of benzene rings is 1. The van der Waals surface area contributed by atoms with Gasteiger partial charge in [0.25, 0.3) is 0 Å². The SMILES string of the molecule is O=S(=O)(CC1CCCCC1)NCCCc1ccc(N2C=C(O)NS2(=O)=O)c(O)c1. The Balaban J connectivity index is 1.51. The summed E-state index contributed by atoms with van der Waals surface area (Å²) in [4.78, 5) is 0. The van der Waals surface area contributed by atoms with Gasteiger partial charge in [-0.05, 0) is 49.3 Å². The summed E-state index contributed by atoms with van der Waals surface area (Å²) in [6, 6.07) is 4.53. The number of sulfonamides is 1. The van der Waals surface area contributed by atoms with Crippen LogP contribution in [0.4, 0.5) is 5.69 Å². The number of hydrogen-bond acceptors (Lipinski definition) is 6. The van der Waals surface area contributed by atoms with Gasteiger partial charge in [0, 0.05) is 6.54 Å². The molecule has 1 aliphatic heterocycles. The molecule has 1 saturated carbocycles. The third-order valence-corrected chi connectivity index (χ3v) is 7.99. The standard InChI is InChI=1S/C18H27N3O6S2/c22-17-11-14(8-9-16(17)21-12-18(23)20-29(21,26)27)7-4-10-19-28(24,25)13-15-5-2-1-3-6-15/h8-9,11-12,15,19-20,22-23H,1-7,10,13H2. The lowest BCUT2D eigenvalue weighted by Crippen LogP contribution is -2.31. The van der Waals surface area contributed by atoms with Crippen molar-refractivity contribution in [3.05, 3.63) is 35.8 Å². The van der Waals surface area contributed by atoms with Gasteiger partial charge in [-0.2, -0.15) is 8.42 Å². The van der Waals surface area contributed by atoms with Crippen LogP contribution in [0.3, 0.4) is 0 Å². The van der Waals surface area contributed by atoms with Crippen LogP contribution in [0.2, 0.25) is 0 Å². The van der Waals surface area contributed by atoms with Crippen LogP contribution in [-0.4, -0.2) is 39.3 Å². The van der Waals surface area contributed by atoms with Gasteiger partial charge in [0.15, 0.2) is 0 Å². The molecular weight excluding hydrogens is 418 g/mol. The molecule has 162 valence electrons. The zero-order valence-corrected chi connectivity index (χ0v) is 17.7. The molecule has 4 N–H and O–H groups in total. The van der Waals surface area contributed by atoms with E-state index >= 15 is 0 Å². The molecular formula is C18H27N3O6S2. The fourth-order valence-electron chi connectivity index (χ4n) is 3.74. The summed E-state index contributed by atoms with van der Waals surface area (Å²) in [5.74, 6) is -0.359. The Hall–Kier alpha value is -1.98. The lowest BCUT2D eigenvalue weighted by molar-refractivity contribution is 0.384. The van der Waals surface area contributed by atoms with Gasteiger partial charge in [0.1, 0.15) is 11.4 Å². The molecule has 9 nitrogen and oxygen atoms in total. The molecule has 1 aliphatic carbocycles. The Morgan fingerprint density at radius 3 is 2.52 bits per heavy atom. The lowest BCUT2D eigenvalue weighted by Gasteiger charge is -2.21. The predicted molar refractivity (Wildman–Crippen MR) is 110 cm³/mol. The quantitative estimate of drug-likeness (QED) is 0.451. The zero-order valence-electron chi connectivity index (χ0n) is 16.0. The van der Waals surface area contributed by atoms with Gasteiger partial charge in [-0.1, -0.05) is 25.3 Å². The van der Waals surface area contributed by atoms with Crippen LogP contribution in [-0.2, 0) is 26.7 Å². The molecule has 0 unspecified atom stereocenters. The number of aliphatic hydroxyl groups excluding tert-OH is 1. The van der Waals surface area contributed by atoms with Crippen molar-refractivity contribution in [1.29, 1.82) is 0 Å². The first-order valence-corrected chi connectivity index (χ1v) is 12.8. The van der Waals surface area contributed by atoms with E-state index < -0.39 is 26.1 Å². The number of nitrogens with zero attached hydrogens (tertiary/aromatic N) is 1. The molecule has 0 saturated heterocycles. The summed E-state index contributed by atoms with van der Waals surface area (Å²) >= 11 is 0. The number of rotatable bonds is 8. The first-order valence-electron chi connectivity index (χ1n) is 9.68. The number of aromatic hydroxyl groups is 1.